The van der Waals surface area contributed by atoms with Gasteiger partial charge in [0.1, 0.15) is 5.75 Å². The summed E-state index contributed by atoms with van der Waals surface area (Å²) < 4.78 is 10.1. The van der Waals surface area contributed by atoms with Crippen molar-refractivity contribution >= 4 is 17.8 Å². The number of ether oxygens (including phenoxy) is 2. The molecular weight excluding hydrogens is 358 g/mol. The fourth-order valence-corrected chi connectivity index (χ4v) is 2.90. The molecule has 1 amide bonds. The Morgan fingerprint density at radius 1 is 1.00 bits per heavy atom. The predicted molar refractivity (Wildman–Crippen MR) is 104 cm³/mol. The molecule has 1 fully saturated rings. The van der Waals surface area contributed by atoms with E-state index in [9.17, 15) is 14.4 Å². The number of nitrogens with one attached hydrogen (secondary N) is 1. The number of amides is 1. The molecule has 0 radical (unpaired) electrons. The SMILES string of the molecule is CC(=O)Oc1ccc(-c2ccc(C(=O)OCC(=O)N[C@H](C)C3CC3)cc2)cc1. The van der Waals surface area contributed by atoms with Crippen molar-refractivity contribution in [1.29, 1.82) is 0 Å². The van der Waals surface area contributed by atoms with Crippen LogP contribution in [0.1, 0.15) is 37.0 Å². The van der Waals surface area contributed by atoms with Gasteiger partial charge in [0.25, 0.3) is 5.91 Å². The molecule has 0 aliphatic heterocycles. The van der Waals surface area contributed by atoms with Gasteiger partial charge in [-0.3, -0.25) is 9.59 Å². The Labute approximate surface area is 163 Å². The maximum atomic E-state index is 12.1. The van der Waals surface area contributed by atoms with Gasteiger partial charge in [-0.2, -0.15) is 0 Å². The molecule has 1 saturated carbocycles. The summed E-state index contributed by atoms with van der Waals surface area (Å²) in [4.78, 5) is 34.9. The van der Waals surface area contributed by atoms with Gasteiger partial charge < -0.3 is 14.8 Å². The summed E-state index contributed by atoms with van der Waals surface area (Å²) in [5.41, 5.74) is 2.20. The summed E-state index contributed by atoms with van der Waals surface area (Å²) in [5, 5.41) is 2.85. The van der Waals surface area contributed by atoms with Crippen molar-refractivity contribution in [3.8, 4) is 16.9 Å². The van der Waals surface area contributed by atoms with Crippen molar-refractivity contribution in [3.05, 3.63) is 54.1 Å². The molecule has 2 aromatic rings. The highest BCUT2D eigenvalue weighted by Gasteiger charge is 2.29. The molecule has 6 heteroatoms. The minimum Gasteiger partial charge on any atom is -0.452 e. The highest BCUT2D eigenvalue weighted by molar-refractivity contribution is 5.92. The minimum absolute atomic E-state index is 0.123. The Balaban J connectivity index is 1.53. The molecule has 3 rings (SSSR count). The molecule has 28 heavy (non-hydrogen) atoms. The van der Waals surface area contributed by atoms with Gasteiger partial charge >= 0.3 is 11.9 Å². The zero-order valence-corrected chi connectivity index (χ0v) is 15.9. The maximum Gasteiger partial charge on any atom is 0.338 e. The van der Waals surface area contributed by atoms with Crippen LogP contribution in [-0.2, 0) is 14.3 Å². The van der Waals surface area contributed by atoms with Crippen LogP contribution in [0.5, 0.6) is 5.75 Å². The van der Waals surface area contributed by atoms with E-state index < -0.39 is 5.97 Å². The van der Waals surface area contributed by atoms with Crippen LogP contribution in [0, 0.1) is 5.92 Å². The van der Waals surface area contributed by atoms with Crippen LogP contribution in [0.4, 0.5) is 0 Å². The van der Waals surface area contributed by atoms with Crippen LogP contribution in [0.25, 0.3) is 11.1 Å². The Kier molecular flexibility index (Phi) is 6.09. The summed E-state index contributed by atoms with van der Waals surface area (Å²) in [5.74, 6) is -0.157. The number of carbonyl (C=O) groups excluding carboxylic acids is 3. The third-order valence-corrected chi connectivity index (χ3v) is 4.62. The van der Waals surface area contributed by atoms with E-state index in [0.29, 0.717) is 17.2 Å². The van der Waals surface area contributed by atoms with E-state index in [2.05, 4.69) is 5.32 Å². The monoisotopic (exact) mass is 381 g/mol. The molecule has 0 saturated heterocycles. The van der Waals surface area contributed by atoms with E-state index >= 15 is 0 Å². The molecule has 2 aromatic carbocycles. The molecule has 1 aliphatic rings. The lowest BCUT2D eigenvalue weighted by Gasteiger charge is -2.12. The van der Waals surface area contributed by atoms with Gasteiger partial charge in [-0.15, -0.1) is 0 Å². The van der Waals surface area contributed by atoms with Crippen LogP contribution in [0.15, 0.2) is 48.5 Å². The fraction of sp³-hybridized carbons (Fsp3) is 0.318. The smallest absolute Gasteiger partial charge is 0.338 e. The lowest BCUT2D eigenvalue weighted by atomic mass is 10.0. The van der Waals surface area contributed by atoms with E-state index in [0.717, 1.165) is 24.0 Å². The van der Waals surface area contributed by atoms with Crippen molar-refractivity contribution < 1.29 is 23.9 Å². The van der Waals surface area contributed by atoms with Crippen molar-refractivity contribution in [1.82, 2.24) is 5.32 Å². The second kappa shape index (κ2) is 8.69. The number of rotatable bonds is 7. The number of hydrogen-bond donors (Lipinski definition) is 1. The summed E-state index contributed by atoms with van der Waals surface area (Å²) >= 11 is 0. The van der Waals surface area contributed by atoms with Crippen molar-refractivity contribution in [2.75, 3.05) is 6.61 Å². The minimum atomic E-state index is -0.536. The third kappa shape index (κ3) is 5.42. The zero-order valence-electron chi connectivity index (χ0n) is 15.9. The first-order valence-corrected chi connectivity index (χ1v) is 9.28. The van der Waals surface area contributed by atoms with Crippen LogP contribution < -0.4 is 10.1 Å². The van der Waals surface area contributed by atoms with Gasteiger partial charge in [-0.05, 0) is 61.1 Å². The van der Waals surface area contributed by atoms with Crippen LogP contribution in [0.2, 0.25) is 0 Å². The third-order valence-electron chi connectivity index (χ3n) is 4.62. The maximum absolute atomic E-state index is 12.1. The molecule has 0 aromatic heterocycles. The molecule has 0 heterocycles. The predicted octanol–water partition coefficient (Wildman–Crippen LogP) is 3.35. The van der Waals surface area contributed by atoms with Crippen molar-refractivity contribution in [2.24, 2.45) is 5.92 Å². The van der Waals surface area contributed by atoms with Crippen LogP contribution in [0.3, 0.4) is 0 Å². The molecule has 0 bridgehead atoms. The van der Waals surface area contributed by atoms with E-state index in [4.69, 9.17) is 9.47 Å². The van der Waals surface area contributed by atoms with Gasteiger partial charge in [-0.25, -0.2) is 4.79 Å². The average Bonchev–Trinajstić information content (AvgIpc) is 3.52. The molecule has 0 spiro atoms. The standard InChI is InChI=1S/C22H23NO5/c1-14(16-3-4-16)23-21(25)13-27-22(26)19-7-5-17(6-8-19)18-9-11-20(12-10-18)28-15(2)24/h5-12,14,16H,3-4,13H2,1-2H3,(H,23,25)/t14-/m1/s1. The molecule has 6 nitrogen and oxygen atoms in total. The van der Waals surface area contributed by atoms with Gasteiger partial charge in [-0.1, -0.05) is 24.3 Å². The Morgan fingerprint density at radius 2 is 1.57 bits per heavy atom. The molecular formula is C22H23NO5. The first-order valence-electron chi connectivity index (χ1n) is 9.28. The normalized spacial score (nSPS) is 14.1. The number of benzene rings is 2. The number of esters is 2. The number of hydrogen-bond acceptors (Lipinski definition) is 5. The molecule has 1 N–H and O–H groups in total. The van der Waals surface area contributed by atoms with Gasteiger partial charge in [0.2, 0.25) is 0 Å². The highest BCUT2D eigenvalue weighted by atomic mass is 16.5. The van der Waals surface area contributed by atoms with Crippen LogP contribution in [-0.4, -0.2) is 30.5 Å². The van der Waals surface area contributed by atoms with Gasteiger partial charge in [0, 0.05) is 13.0 Å². The first-order chi connectivity index (χ1) is 13.4. The Hall–Kier alpha value is -3.15. The summed E-state index contributed by atoms with van der Waals surface area (Å²) in [6.45, 7) is 3.03. The first kappa shape index (κ1) is 19.6. The lowest BCUT2D eigenvalue weighted by Crippen LogP contribution is -2.37. The zero-order chi connectivity index (χ0) is 20.1. The molecule has 146 valence electrons. The fourth-order valence-electron chi connectivity index (χ4n) is 2.90. The Morgan fingerprint density at radius 3 is 2.11 bits per heavy atom. The lowest BCUT2D eigenvalue weighted by molar-refractivity contribution is -0.131. The van der Waals surface area contributed by atoms with E-state index in [1.165, 1.54) is 6.92 Å². The quantitative estimate of drug-likeness (QED) is 0.588. The molecule has 0 unspecified atom stereocenters. The molecule has 1 atom stereocenters. The van der Waals surface area contributed by atoms with E-state index in [1.54, 1.807) is 36.4 Å². The second-order valence-corrected chi connectivity index (χ2v) is 6.97. The average molecular weight is 381 g/mol. The van der Waals surface area contributed by atoms with Crippen molar-refractivity contribution in [2.45, 2.75) is 32.7 Å². The summed E-state index contributed by atoms with van der Waals surface area (Å²) in [6.07, 6.45) is 2.28. The topological polar surface area (TPSA) is 81.7 Å². The summed E-state index contributed by atoms with van der Waals surface area (Å²) in [7, 11) is 0. The van der Waals surface area contributed by atoms with E-state index in [-0.39, 0.29) is 24.5 Å². The largest absolute Gasteiger partial charge is 0.452 e. The van der Waals surface area contributed by atoms with Gasteiger partial charge in [0.15, 0.2) is 6.61 Å². The van der Waals surface area contributed by atoms with Crippen LogP contribution >= 0.6 is 0 Å². The van der Waals surface area contributed by atoms with E-state index in [1.807, 2.05) is 19.1 Å². The molecule has 1 aliphatic carbocycles. The Bertz CT molecular complexity index is 854. The second-order valence-electron chi connectivity index (χ2n) is 6.97. The number of carbonyl (C=O) groups is 3. The van der Waals surface area contributed by atoms with Crippen molar-refractivity contribution in [3.63, 3.8) is 0 Å². The van der Waals surface area contributed by atoms with Gasteiger partial charge in [0.05, 0.1) is 5.56 Å². The highest BCUT2D eigenvalue weighted by Crippen LogP contribution is 2.32. The summed E-state index contributed by atoms with van der Waals surface area (Å²) in [6, 6.07) is 14.1.